The molecule has 1 aromatic heterocycles. The van der Waals surface area contributed by atoms with Gasteiger partial charge < -0.3 is 10.0 Å². The minimum atomic E-state index is -4.90. The molecule has 1 aliphatic rings. The van der Waals surface area contributed by atoms with Crippen LogP contribution in [0.25, 0.3) is 0 Å². The lowest BCUT2D eigenvalue weighted by molar-refractivity contribution is -0.227. The van der Waals surface area contributed by atoms with E-state index in [1.165, 1.54) is 24.5 Å². The summed E-state index contributed by atoms with van der Waals surface area (Å²) in [5.41, 5.74) is -2.70. The van der Waals surface area contributed by atoms with Crippen LogP contribution in [0.3, 0.4) is 0 Å². The Morgan fingerprint density at radius 1 is 1.30 bits per heavy atom. The van der Waals surface area contributed by atoms with Crippen LogP contribution in [-0.2, 0) is 4.79 Å². The van der Waals surface area contributed by atoms with Crippen LogP contribution >= 0.6 is 0 Å². The molecule has 1 N–H and O–H groups in total. The monoisotopic (exact) mass is 288 g/mol. The van der Waals surface area contributed by atoms with Gasteiger partial charge in [0.2, 0.25) is 0 Å². The first kappa shape index (κ1) is 14.3. The fraction of sp³-hybridized carbons (Fsp3) is 0.417. The van der Waals surface area contributed by atoms with Crippen LogP contribution in [0.1, 0.15) is 16.8 Å². The zero-order chi connectivity index (χ0) is 15.0. The minimum Gasteiger partial charge on any atom is -0.481 e. The third-order valence-corrected chi connectivity index (χ3v) is 3.44. The van der Waals surface area contributed by atoms with Crippen molar-refractivity contribution in [1.82, 2.24) is 9.88 Å². The maximum atomic E-state index is 13.0. The number of rotatable bonds is 2. The number of aliphatic carboxylic acids is 1. The number of amides is 1. The first-order valence-corrected chi connectivity index (χ1v) is 5.77. The second-order valence-electron chi connectivity index (χ2n) is 4.60. The first-order chi connectivity index (χ1) is 9.28. The molecule has 0 aliphatic carbocycles. The molecule has 108 valence electrons. The molecule has 2 rings (SSSR count). The van der Waals surface area contributed by atoms with Crippen molar-refractivity contribution in [3.8, 4) is 0 Å². The van der Waals surface area contributed by atoms with E-state index >= 15 is 0 Å². The van der Waals surface area contributed by atoms with Crippen molar-refractivity contribution in [3.05, 3.63) is 30.1 Å². The summed E-state index contributed by atoms with van der Waals surface area (Å²) in [5.74, 6) is -2.57. The molecule has 0 saturated carbocycles. The molecule has 1 atom stereocenters. The summed E-state index contributed by atoms with van der Waals surface area (Å²) in [4.78, 5) is 27.6. The van der Waals surface area contributed by atoms with E-state index in [0.29, 0.717) is 0 Å². The van der Waals surface area contributed by atoms with Gasteiger partial charge in [0.1, 0.15) is 0 Å². The summed E-state index contributed by atoms with van der Waals surface area (Å²) >= 11 is 0. The summed E-state index contributed by atoms with van der Waals surface area (Å²) in [5, 5.41) is 8.90. The van der Waals surface area contributed by atoms with Crippen LogP contribution in [0.2, 0.25) is 0 Å². The Morgan fingerprint density at radius 2 is 1.90 bits per heavy atom. The van der Waals surface area contributed by atoms with Gasteiger partial charge in [-0.2, -0.15) is 13.2 Å². The quantitative estimate of drug-likeness (QED) is 0.896. The van der Waals surface area contributed by atoms with Crippen molar-refractivity contribution < 1.29 is 27.9 Å². The summed E-state index contributed by atoms with van der Waals surface area (Å²) in [7, 11) is 0. The highest BCUT2D eigenvalue weighted by Crippen LogP contribution is 2.45. The fourth-order valence-electron chi connectivity index (χ4n) is 2.19. The molecule has 2 heterocycles. The van der Waals surface area contributed by atoms with Crippen molar-refractivity contribution >= 4 is 11.9 Å². The Labute approximate surface area is 112 Å². The molecule has 1 aromatic rings. The summed E-state index contributed by atoms with van der Waals surface area (Å²) in [6.07, 6.45) is -2.84. The molecule has 1 aliphatic heterocycles. The lowest BCUT2D eigenvalue weighted by Crippen LogP contribution is -2.47. The van der Waals surface area contributed by atoms with Crippen molar-refractivity contribution in [2.45, 2.75) is 12.6 Å². The van der Waals surface area contributed by atoms with E-state index in [9.17, 15) is 22.8 Å². The van der Waals surface area contributed by atoms with E-state index in [0.717, 1.165) is 4.90 Å². The van der Waals surface area contributed by atoms with Gasteiger partial charge in [-0.15, -0.1) is 0 Å². The molecule has 1 fully saturated rings. The Balaban J connectivity index is 2.24. The number of carboxylic acids is 1. The zero-order valence-electron chi connectivity index (χ0n) is 10.2. The van der Waals surface area contributed by atoms with Crippen LogP contribution < -0.4 is 0 Å². The number of likely N-dealkylation sites (tertiary alicyclic amines) is 1. The normalized spacial score (nSPS) is 22.9. The molecule has 20 heavy (non-hydrogen) atoms. The zero-order valence-corrected chi connectivity index (χ0v) is 10.2. The Hall–Kier alpha value is -2.12. The molecule has 1 unspecified atom stereocenters. The van der Waals surface area contributed by atoms with E-state index in [-0.39, 0.29) is 12.1 Å². The number of carboxylic acid groups (broad SMARTS) is 1. The highest BCUT2D eigenvalue weighted by atomic mass is 19.4. The molecule has 5 nitrogen and oxygen atoms in total. The summed E-state index contributed by atoms with van der Waals surface area (Å²) < 4.78 is 38.9. The molecule has 0 bridgehead atoms. The van der Waals surface area contributed by atoms with E-state index in [1.54, 1.807) is 0 Å². The third-order valence-electron chi connectivity index (χ3n) is 3.44. The Kier molecular flexibility index (Phi) is 3.41. The van der Waals surface area contributed by atoms with Crippen LogP contribution in [0, 0.1) is 5.41 Å². The lowest BCUT2D eigenvalue weighted by atomic mass is 9.86. The van der Waals surface area contributed by atoms with E-state index in [2.05, 4.69) is 4.98 Å². The minimum absolute atomic E-state index is 0.184. The summed E-state index contributed by atoms with van der Waals surface area (Å²) in [6, 6.07) is 2.74. The van der Waals surface area contributed by atoms with Gasteiger partial charge in [-0.1, -0.05) is 0 Å². The predicted molar refractivity (Wildman–Crippen MR) is 60.9 cm³/mol. The number of alkyl halides is 3. The largest absolute Gasteiger partial charge is 0.481 e. The predicted octanol–water partition coefficient (Wildman–Crippen LogP) is 1.56. The van der Waals surface area contributed by atoms with Crippen LogP contribution in [0.4, 0.5) is 13.2 Å². The number of hydrogen-bond acceptors (Lipinski definition) is 3. The van der Waals surface area contributed by atoms with E-state index in [4.69, 9.17) is 5.11 Å². The van der Waals surface area contributed by atoms with Crippen molar-refractivity contribution in [2.75, 3.05) is 13.1 Å². The van der Waals surface area contributed by atoms with Crippen molar-refractivity contribution in [1.29, 1.82) is 0 Å². The smallest absolute Gasteiger partial charge is 0.406 e. The molecule has 8 heteroatoms. The number of carbonyl (C=O) groups is 2. The van der Waals surface area contributed by atoms with Crippen LogP contribution in [0.5, 0.6) is 0 Å². The molecular weight excluding hydrogens is 277 g/mol. The van der Waals surface area contributed by atoms with Gasteiger partial charge in [-0.05, 0) is 18.6 Å². The molecule has 0 radical (unpaired) electrons. The number of carbonyl (C=O) groups excluding carboxylic acids is 1. The molecule has 1 saturated heterocycles. The lowest BCUT2D eigenvalue weighted by Gasteiger charge is -2.27. The van der Waals surface area contributed by atoms with Gasteiger partial charge in [0.25, 0.3) is 5.91 Å². The number of hydrogen-bond donors (Lipinski definition) is 1. The standard InChI is InChI=1S/C12H11F3N2O3/c13-12(14,15)11(10(19)20)3-6-17(7-11)9(18)8-1-4-16-5-2-8/h1-2,4-5H,3,6-7H2,(H,19,20). The van der Waals surface area contributed by atoms with E-state index in [1.807, 2.05) is 0 Å². The topological polar surface area (TPSA) is 70.5 Å². The van der Waals surface area contributed by atoms with Gasteiger partial charge in [-0.3, -0.25) is 14.6 Å². The molecular formula is C12H11F3N2O3. The number of pyridine rings is 1. The number of halogens is 3. The Morgan fingerprint density at radius 3 is 2.35 bits per heavy atom. The van der Waals surface area contributed by atoms with Gasteiger partial charge >= 0.3 is 12.1 Å². The van der Waals surface area contributed by atoms with Gasteiger partial charge in [0.05, 0.1) is 0 Å². The fourth-order valence-corrected chi connectivity index (χ4v) is 2.19. The average Bonchev–Trinajstić information content (AvgIpc) is 2.85. The third kappa shape index (κ3) is 2.21. The molecule has 0 aromatic carbocycles. The maximum absolute atomic E-state index is 13.0. The highest BCUT2D eigenvalue weighted by Gasteiger charge is 2.64. The molecule has 1 amide bonds. The van der Waals surface area contributed by atoms with Gasteiger partial charge in [-0.25, -0.2) is 0 Å². The van der Waals surface area contributed by atoms with Gasteiger partial charge in [0.15, 0.2) is 5.41 Å². The second-order valence-corrected chi connectivity index (χ2v) is 4.60. The number of nitrogens with zero attached hydrogens (tertiary/aromatic N) is 2. The van der Waals surface area contributed by atoms with Gasteiger partial charge in [0, 0.05) is 31.0 Å². The SMILES string of the molecule is O=C(c1ccncc1)N1CCC(C(=O)O)(C(F)(F)F)C1. The van der Waals surface area contributed by atoms with Crippen LogP contribution in [-0.4, -0.2) is 46.1 Å². The van der Waals surface area contributed by atoms with Crippen molar-refractivity contribution in [2.24, 2.45) is 5.41 Å². The Bertz CT molecular complexity index is 532. The van der Waals surface area contributed by atoms with Crippen molar-refractivity contribution in [3.63, 3.8) is 0 Å². The maximum Gasteiger partial charge on any atom is 0.406 e. The van der Waals surface area contributed by atoms with E-state index < -0.39 is 36.4 Å². The first-order valence-electron chi connectivity index (χ1n) is 5.77. The number of aromatic nitrogens is 1. The van der Waals surface area contributed by atoms with Crippen LogP contribution in [0.15, 0.2) is 24.5 Å². The highest BCUT2D eigenvalue weighted by molar-refractivity contribution is 5.95. The average molecular weight is 288 g/mol. The second kappa shape index (κ2) is 4.77. The molecule has 0 spiro atoms. The summed E-state index contributed by atoms with van der Waals surface area (Å²) in [6.45, 7) is -1.11.